The van der Waals surface area contributed by atoms with Crippen LogP contribution in [0.4, 0.5) is 0 Å². The van der Waals surface area contributed by atoms with Crippen molar-refractivity contribution in [1.29, 1.82) is 0 Å². The van der Waals surface area contributed by atoms with Crippen LogP contribution in [0, 0.1) is 11.8 Å². The molecule has 0 heterocycles. The Kier molecular flexibility index (Phi) is 10.7. The second-order valence-electron chi connectivity index (χ2n) is 3.60. The number of ether oxygens (including phenoxy) is 2. The van der Waals surface area contributed by atoms with Crippen molar-refractivity contribution < 1.29 is 19.2 Å². The van der Waals surface area contributed by atoms with Crippen molar-refractivity contribution >= 4 is 5.97 Å². The third-order valence-electron chi connectivity index (χ3n) is 2.39. The Balaban J connectivity index is 3.45. The fraction of sp³-hybridized carbons (Fsp3) is 0.769. The maximum atomic E-state index is 11.0. The molecular formula is C13H24NO3+. The lowest BCUT2D eigenvalue weighted by Gasteiger charge is -2.10. The SMILES string of the molecule is CCOC(=O)CCOCC#CC[NH+](CC)CC. The molecule has 0 saturated carbocycles. The minimum absolute atomic E-state index is 0.215. The smallest absolute Gasteiger partial charge is 0.308 e. The highest BCUT2D eigenvalue weighted by Gasteiger charge is 2.00. The summed E-state index contributed by atoms with van der Waals surface area (Å²) in [4.78, 5) is 12.4. The van der Waals surface area contributed by atoms with Crippen LogP contribution in [0.25, 0.3) is 0 Å². The van der Waals surface area contributed by atoms with Crippen molar-refractivity contribution in [3.05, 3.63) is 0 Å². The van der Waals surface area contributed by atoms with Crippen molar-refractivity contribution in [3.8, 4) is 11.8 Å². The van der Waals surface area contributed by atoms with Crippen LogP contribution in [0.5, 0.6) is 0 Å². The summed E-state index contributed by atoms with van der Waals surface area (Å²) in [7, 11) is 0. The first-order valence-electron chi connectivity index (χ1n) is 6.27. The molecule has 0 amide bonds. The zero-order valence-corrected chi connectivity index (χ0v) is 11.2. The van der Waals surface area contributed by atoms with Crippen molar-refractivity contribution in [3.63, 3.8) is 0 Å². The molecule has 0 aliphatic rings. The second-order valence-corrected chi connectivity index (χ2v) is 3.60. The van der Waals surface area contributed by atoms with Gasteiger partial charge in [-0.1, -0.05) is 5.92 Å². The van der Waals surface area contributed by atoms with Crippen LogP contribution in [0.1, 0.15) is 27.2 Å². The van der Waals surface area contributed by atoms with Crippen molar-refractivity contribution in [2.45, 2.75) is 27.2 Å². The molecule has 0 radical (unpaired) electrons. The number of rotatable bonds is 8. The molecule has 0 fully saturated rings. The summed E-state index contributed by atoms with van der Waals surface area (Å²) in [5.74, 6) is 5.80. The summed E-state index contributed by atoms with van der Waals surface area (Å²) < 4.78 is 9.99. The Morgan fingerprint density at radius 3 is 2.47 bits per heavy atom. The average Bonchev–Trinajstić information content (AvgIpc) is 2.33. The van der Waals surface area contributed by atoms with Crippen LogP contribution in [-0.2, 0) is 14.3 Å². The molecule has 4 nitrogen and oxygen atoms in total. The largest absolute Gasteiger partial charge is 0.466 e. The summed E-state index contributed by atoms with van der Waals surface area (Å²) in [5, 5.41) is 0. The number of quaternary nitrogens is 1. The van der Waals surface area contributed by atoms with Gasteiger partial charge in [0.15, 0.2) is 0 Å². The maximum absolute atomic E-state index is 11.0. The second kappa shape index (κ2) is 11.4. The quantitative estimate of drug-likeness (QED) is 0.367. The molecule has 98 valence electrons. The summed E-state index contributed by atoms with van der Waals surface area (Å²) in [5.41, 5.74) is 0. The van der Waals surface area contributed by atoms with Gasteiger partial charge in [0.2, 0.25) is 0 Å². The fourth-order valence-electron chi connectivity index (χ4n) is 1.25. The van der Waals surface area contributed by atoms with Crippen LogP contribution in [0.3, 0.4) is 0 Å². The van der Waals surface area contributed by atoms with E-state index in [0.717, 1.165) is 19.6 Å². The zero-order chi connectivity index (χ0) is 12.9. The molecule has 0 bridgehead atoms. The molecular weight excluding hydrogens is 218 g/mol. The first-order valence-corrected chi connectivity index (χ1v) is 6.27. The molecule has 0 unspecified atom stereocenters. The minimum Gasteiger partial charge on any atom is -0.466 e. The third kappa shape index (κ3) is 9.86. The maximum Gasteiger partial charge on any atom is 0.308 e. The third-order valence-corrected chi connectivity index (χ3v) is 2.39. The van der Waals surface area contributed by atoms with E-state index in [4.69, 9.17) is 9.47 Å². The van der Waals surface area contributed by atoms with Gasteiger partial charge in [-0.2, -0.15) is 0 Å². The Labute approximate surface area is 104 Å². The van der Waals surface area contributed by atoms with Crippen LogP contribution >= 0.6 is 0 Å². The lowest BCUT2D eigenvalue weighted by molar-refractivity contribution is -0.889. The summed E-state index contributed by atoms with van der Waals surface area (Å²) in [6.07, 6.45) is 0.302. The summed E-state index contributed by atoms with van der Waals surface area (Å²) >= 11 is 0. The normalized spacial score (nSPS) is 9.88. The molecule has 0 rings (SSSR count). The minimum atomic E-state index is -0.215. The summed E-state index contributed by atoms with van der Waals surface area (Å²) in [6.45, 7) is 10.3. The molecule has 1 N–H and O–H groups in total. The Hall–Kier alpha value is -1.05. The van der Waals surface area contributed by atoms with Gasteiger partial charge in [0.1, 0.15) is 13.2 Å². The van der Waals surface area contributed by atoms with Crippen LogP contribution in [0.15, 0.2) is 0 Å². The van der Waals surface area contributed by atoms with E-state index in [1.54, 1.807) is 6.92 Å². The summed E-state index contributed by atoms with van der Waals surface area (Å²) in [6, 6.07) is 0. The number of nitrogens with one attached hydrogen (secondary N) is 1. The zero-order valence-electron chi connectivity index (χ0n) is 11.2. The Bertz CT molecular complexity index is 251. The van der Waals surface area contributed by atoms with Crippen molar-refractivity contribution in [2.75, 3.05) is 39.5 Å². The highest BCUT2D eigenvalue weighted by atomic mass is 16.5. The lowest BCUT2D eigenvalue weighted by Crippen LogP contribution is -3.11. The molecule has 0 aliphatic carbocycles. The highest BCUT2D eigenvalue weighted by Crippen LogP contribution is 1.87. The lowest BCUT2D eigenvalue weighted by atomic mass is 10.4. The van der Waals surface area contributed by atoms with Crippen molar-refractivity contribution in [1.82, 2.24) is 0 Å². The molecule has 0 aliphatic heterocycles. The topological polar surface area (TPSA) is 40.0 Å². The average molecular weight is 242 g/mol. The number of esters is 1. The number of carbonyl (C=O) groups excluding carboxylic acids is 1. The van der Waals surface area contributed by atoms with Gasteiger partial charge >= 0.3 is 5.97 Å². The van der Waals surface area contributed by atoms with Gasteiger partial charge < -0.3 is 14.4 Å². The molecule has 0 aromatic carbocycles. The van der Waals surface area contributed by atoms with E-state index >= 15 is 0 Å². The number of hydrogen-bond donors (Lipinski definition) is 1. The van der Waals surface area contributed by atoms with Crippen LogP contribution in [-0.4, -0.2) is 45.4 Å². The Morgan fingerprint density at radius 1 is 1.18 bits per heavy atom. The first-order chi connectivity index (χ1) is 8.24. The van der Waals surface area contributed by atoms with Gasteiger partial charge in [-0.25, -0.2) is 0 Å². The van der Waals surface area contributed by atoms with E-state index in [-0.39, 0.29) is 5.97 Å². The molecule has 0 spiro atoms. The molecule has 17 heavy (non-hydrogen) atoms. The van der Waals surface area contributed by atoms with Crippen LogP contribution < -0.4 is 4.90 Å². The monoisotopic (exact) mass is 242 g/mol. The van der Waals surface area contributed by atoms with E-state index in [1.165, 1.54) is 4.90 Å². The molecule has 0 atom stereocenters. The van der Waals surface area contributed by atoms with Gasteiger partial charge in [-0.3, -0.25) is 4.79 Å². The van der Waals surface area contributed by atoms with E-state index in [9.17, 15) is 4.79 Å². The number of hydrogen-bond acceptors (Lipinski definition) is 3. The van der Waals surface area contributed by atoms with Gasteiger partial charge in [0.25, 0.3) is 0 Å². The van der Waals surface area contributed by atoms with E-state index in [2.05, 4.69) is 25.7 Å². The van der Waals surface area contributed by atoms with Gasteiger partial charge in [-0.15, -0.1) is 0 Å². The van der Waals surface area contributed by atoms with Crippen molar-refractivity contribution in [2.24, 2.45) is 0 Å². The van der Waals surface area contributed by atoms with E-state index in [0.29, 0.717) is 26.2 Å². The predicted molar refractivity (Wildman–Crippen MR) is 66.8 cm³/mol. The molecule has 0 aromatic heterocycles. The molecule has 0 aromatic rings. The highest BCUT2D eigenvalue weighted by molar-refractivity contribution is 5.69. The van der Waals surface area contributed by atoms with Gasteiger partial charge in [-0.05, 0) is 26.7 Å². The standard InChI is InChI=1S/C13H23NO3/c1-4-14(5-2)10-7-8-11-16-12-9-13(15)17-6-3/h4-6,9-12H2,1-3H3/p+1. The predicted octanol–water partition coefficient (Wildman–Crippen LogP) is -0.116. The Morgan fingerprint density at radius 2 is 1.88 bits per heavy atom. The number of carbonyl (C=O) groups is 1. The van der Waals surface area contributed by atoms with Gasteiger partial charge in [0, 0.05) is 0 Å². The first kappa shape index (κ1) is 16.0. The molecule has 4 heteroatoms. The van der Waals surface area contributed by atoms with Gasteiger partial charge in [0.05, 0.1) is 32.7 Å². The van der Waals surface area contributed by atoms with Crippen LogP contribution in [0.2, 0.25) is 0 Å². The fourth-order valence-corrected chi connectivity index (χ4v) is 1.25. The van der Waals surface area contributed by atoms with E-state index in [1.807, 2.05) is 0 Å². The molecule has 0 saturated heterocycles. The van der Waals surface area contributed by atoms with E-state index < -0.39 is 0 Å².